The molecule has 0 aliphatic carbocycles. The molecular weight excluding hydrogens is 411 g/mol. The molecule has 0 bridgehead atoms. The first-order valence-corrected chi connectivity index (χ1v) is 9.02. The van der Waals surface area contributed by atoms with Gasteiger partial charge in [-0.2, -0.15) is 0 Å². The molecule has 2 amide bonds. The molecule has 0 unspecified atom stereocenters. The average molecular weight is 428 g/mol. The molecule has 0 aliphatic rings. The molecule has 0 radical (unpaired) electrons. The maximum absolute atomic E-state index is 12.2. The second kappa shape index (κ2) is 9.65. The maximum atomic E-state index is 12.2. The quantitative estimate of drug-likeness (QED) is 0.404. The molecule has 0 aromatic heterocycles. The fourth-order valence-electron chi connectivity index (χ4n) is 2.08. The van der Waals surface area contributed by atoms with Crippen LogP contribution >= 0.6 is 34.8 Å². The standard InChI is InChI=1S/C19H17Cl3N2O3/c1-13(25)23-15-8-5-9-16(12-15)27-18(19(20,21)22)24-17(26)11-10-14-6-3-2-4-7-14/h2-12,18H,1H3,(H,23,25)(H,24,26)/b11-10+/t18-/m1/s1. The highest BCUT2D eigenvalue weighted by atomic mass is 35.6. The van der Waals surface area contributed by atoms with Crippen LogP contribution in [0.5, 0.6) is 5.75 Å². The van der Waals surface area contributed by atoms with E-state index in [0.717, 1.165) is 5.56 Å². The Bertz CT molecular complexity index is 820. The van der Waals surface area contributed by atoms with E-state index < -0.39 is 15.9 Å². The van der Waals surface area contributed by atoms with Crippen molar-refractivity contribution in [3.05, 3.63) is 66.2 Å². The highest BCUT2D eigenvalue weighted by Crippen LogP contribution is 2.32. The lowest BCUT2D eigenvalue weighted by Gasteiger charge is -2.26. The largest absolute Gasteiger partial charge is 0.466 e. The summed E-state index contributed by atoms with van der Waals surface area (Å²) in [5.74, 6) is -0.414. The van der Waals surface area contributed by atoms with E-state index in [1.165, 1.54) is 13.0 Å². The molecule has 0 saturated heterocycles. The summed E-state index contributed by atoms with van der Waals surface area (Å²) in [7, 11) is 0. The van der Waals surface area contributed by atoms with Gasteiger partial charge in [0.05, 0.1) is 0 Å². The Morgan fingerprint density at radius 1 is 1.07 bits per heavy atom. The smallest absolute Gasteiger partial charge is 0.246 e. The number of hydrogen-bond acceptors (Lipinski definition) is 3. The number of nitrogens with one attached hydrogen (secondary N) is 2. The first-order chi connectivity index (χ1) is 12.7. The summed E-state index contributed by atoms with van der Waals surface area (Å²) in [4.78, 5) is 23.3. The van der Waals surface area contributed by atoms with Crippen molar-refractivity contribution in [1.82, 2.24) is 5.32 Å². The van der Waals surface area contributed by atoms with Crippen LogP contribution in [0.15, 0.2) is 60.7 Å². The van der Waals surface area contributed by atoms with Crippen LogP contribution in [0.4, 0.5) is 5.69 Å². The maximum Gasteiger partial charge on any atom is 0.246 e. The van der Waals surface area contributed by atoms with Crippen molar-refractivity contribution in [2.75, 3.05) is 5.32 Å². The van der Waals surface area contributed by atoms with Crippen molar-refractivity contribution in [3.8, 4) is 5.75 Å². The van der Waals surface area contributed by atoms with Gasteiger partial charge in [0.1, 0.15) is 5.75 Å². The second-order valence-electron chi connectivity index (χ2n) is 5.50. The number of amides is 2. The lowest BCUT2D eigenvalue weighted by molar-refractivity contribution is -0.118. The molecular formula is C19H17Cl3N2O3. The van der Waals surface area contributed by atoms with Crippen LogP contribution in [0.3, 0.4) is 0 Å². The van der Waals surface area contributed by atoms with Gasteiger partial charge in [-0.3, -0.25) is 9.59 Å². The van der Waals surface area contributed by atoms with Gasteiger partial charge in [-0.1, -0.05) is 71.2 Å². The lowest BCUT2D eigenvalue weighted by atomic mass is 10.2. The Morgan fingerprint density at radius 2 is 1.78 bits per heavy atom. The van der Waals surface area contributed by atoms with E-state index in [-0.39, 0.29) is 5.91 Å². The fourth-order valence-corrected chi connectivity index (χ4v) is 2.38. The summed E-state index contributed by atoms with van der Waals surface area (Å²) in [6.07, 6.45) is 1.70. The van der Waals surface area contributed by atoms with Gasteiger partial charge in [-0.25, -0.2) is 0 Å². The van der Waals surface area contributed by atoms with E-state index in [9.17, 15) is 9.59 Å². The van der Waals surface area contributed by atoms with E-state index in [2.05, 4.69) is 10.6 Å². The number of benzene rings is 2. The van der Waals surface area contributed by atoms with Crippen molar-refractivity contribution in [2.24, 2.45) is 0 Å². The first kappa shape index (κ1) is 21.1. The molecule has 2 N–H and O–H groups in total. The van der Waals surface area contributed by atoms with Crippen molar-refractivity contribution in [2.45, 2.75) is 16.9 Å². The van der Waals surface area contributed by atoms with Gasteiger partial charge >= 0.3 is 0 Å². The molecule has 27 heavy (non-hydrogen) atoms. The third kappa shape index (κ3) is 7.51. The Kier molecular flexibility index (Phi) is 7.54. The monoisotopic (exact) mass is 426 g/mol. The van der Waals surface area contributed by atoms with Crippen LogP contribution in [-0.2, 0) is 9.59 Å². The molecule has 1 atom stereocenters. The number of halogens is 3. The molecule has 8 heteroatoms. The third-order valence-corrected chi connectivity index (χ3v) is 3.80. The average Bonchev–Trinajstić information content (AvgIpc) is 2.59. The van der Waals surface area contributed by atoms with Gasteiger partial charge in [-0.15, -0.1) is 0 Å². The summed E-state index contributed by atoms with van der Waals surface area (Å²) in [5.41, 5.74) is 1.36. The molecule has 2 rings (SSSR count). The first-order valence-electron chi connectivity index (χ1n) is 7.89. The summed E-state index contributed by atoms with van der Waals surface area (Å²) in [6, 6.07) is 15.8. The Labute approximate surface area is 172 Å². The van der Waals surface area contributed by atoms with Gasteiger partial charge < -0.3 is 15.4 Å². The van der Waals surface area contributed by atoms with Crippen LogP contribution in [0.1, 0.15) is 12.5 Å². The van der Waals surface area contributed by atoms with E-state index in [1.54, 1.807) is 30.3 Å². The zero-order valence-electron chi connectivity index (χ0n) is 14.3. The van der Waals surface area contributed by atoms with Crippen LogP contribution in [0, 0.1) is 0 Å². The molecule has 0 saturated carbocycles. The van der Waals surface area contributed by atoms with Crippen molar-refractivity contribution in [3.63, 3.8) is 0 Å². The molecule has 0 heterocycles. The molecule has 0 fully saturated rings. The third-order valence-electron chi connectivity index (χ3n) is 3.21. The molecule has 2 aromatic rings. The number of rotatable bonds is 6. The van der Waals surface area contributed by atoms with Crippen molar-refractivity contribution < 1.29 is 14.3 Å². The summed E-state index contributed by atoms with van der Waals surface area (Å²) >= 11 is 17.8. The normalized spacial score (nSPS) is 12.4. The molecule has 5 nitrogen and oxygen atoms in total. The zero-order valence-corrected chi connectivity index (χ0v) is 16.6. The van der Waals surface area contributed by atoms with Gasteiger partial charge in [0.15, 0.2) is 0 Å². The van der Waals surface area contributed by atoms with Gasteiger partial charge in [-0.05, 0) is 23.8 Å². The predicted octanol–water partition coefficient (Wildman–Crippen LogP) is 4.55. The number of anilines is 1. The topological polar surface area (TPSA) is 67.4 Å². The highest BCUT2D eigenvalue weighted by molar-refractivity contribution is 6.68. The second-order valence-corrected chi connectivity index (χ2v) is 7.87. The number of carbonyl (C=O) groups is 2. The molecule has 142 valence electrons. The number of alkyl halides is 3. The number of hydrogen-bond donors (Lipinski definition) is 2. The minimum atomic E-state index is -1.92. The SMILES string of the molecule is CC(=O)Nc1cccc(O[C@@H](NC(=O)/C=C/c2ccccc2)C(Cl)(Cl)Cl)c1. The highest BCUT2D eigenvalue weighted by Gasteiger charge is 2.36. The predicted molar refractivity (Wildman–Crippen MR) is 109 cm³/mol. The van der Waals surface area contributed by atoms with E-state index in [4.69, 9.17) is 39.5 Å². The molecule has 0 spiro atoms. The Morgan fingerprint density at radius 3 is 2.41 bits per heavy atom. The number of carbonyl (C=O) groups excluding carboxylic acids is 2. The van der Waals surface area contributed by atoms with Crippen molar-refractivity contribution in [1.29, 1.82) is 0 Å². The summed E-state index contributed by atoms with van der Waals surface area (Å²) in [6.45, 7) is 1.39. The van der Waals surface area contributed by atoms with Crippen LogP contribution in [0.2, 0.25) is 0 Å². The Hall–Kier alpha value is -2.21. The van der Waals surface area contributed by atoms with Crippen molar-refractivity contribution >= 4 is 58.4 Å². The molecule has 2 aromatic carbocycles. The minimum absolute atomic E-state index is 0.232. The van der Waals surface area contributed by atoms with Crippen LogP contribution < -0.4 is 15.4 Å². The van der Waals surface area contributed by atoms with Gasteiger partial charge in [0.25, 0.3) is 0 Å². The van der Waals surface area contributed by atoms with Gasteiger partial charge in [0.2, 0.25) is 21.8 Å². The number of ether oxygens (including phenoxy) is 1. The van der Waals surface area contributed by atoms with Crippen LogP contribution in [0.25, 0.3) is 6.08 Å². The van der Waals surface area contributed by atoms with E-state index in [0.29, 0.717) is 11.4 Å². The fraction of sp³-hybridized carbons (Fsp3) is 0.158. The van der Waals surface area contributed by atoms with Gasteiger partial charge in [0, 0.05) is 24.8 Å². The minimum Gasteiger partial charge on any atom is -0.466 e. The van der Waals surface area contributed by atoms with Crippen LogP contribution in [-0.4, -0.2) is 21.8 Å². The molecule has 0 aliphatic heterocycles. The summed E-state index contributed by atoms with van der Waals surface area (Å²) < 4.78 is 3.69. The zero-order chi connectivity index (χ0) is 19.9. The summed E-state index contributed by atoms with van der Waals surface area (Å²) in [5, 5.41) is 5.12. The Balaban J connectivity index is 2.08. The lowest BCUT2D eigenvalue weighted by Crippen LogP contribution is -2.47. The van der Waals surface area contributed by atoms with E-state index in [1.807, 2.05) is 30.3 Å². The van der Waals surface area contributed by atoms with E-state index >= 15 is 0 Å².